The molecule has 0 aliphatic rings. The van der Waals surface area contributed by atoms with E-state index in [-0.39, 0.29) is 12.2 Å². The lowest BCUT2D eigenvalue weighted by atomic mass is 10.2. The molecule has 0 radical (unpaired) electrons. The summed E-state index contributed by atoms with van der Waals surface area (Å²) in [6, 6.07) is 4.42. The van der Waals surface area contributed by atoms with Gasteiger partial charge in [0.15, 0.2) is 23.9 Å². The zero-order valence-electron chi connectivity index (χ0n) is 11.8. The second kappa shape index (κ2) is 6.74. The van der Waals surface area contributed by atoms with Gasteiger partial charge in [0.1, 0.15) is 0 Å². The number of aromatic nitrogens is 2. The van der Waals surface area contributed by atoms with Crippen molar-refractivity contribution in [2.45, 2.75) is 26.9 Å². The summed E-state index contributed by atoms with van der Waals surface area (Å²) in [4.78, 5) is 15.1. The fourth-order valence-electron chi connectivity index (χ4n) is 1.66. The summed E-state index contributed by atoms with van der Waals surface area (Å²) < 4.78 is 16.0. The molecule has 0 saturated heterocycles. The van der Waals surface area contributed by atoms with Crippen LogP contribution in [0.3, 0.4) is 0 Å². The van der Waals surface area contributed by atoms with Crippen LogP contribution in [0.15, 0.2) is 22.7 Å². The number of nitrogens with zero attached hydrogens (tertiary/aromatic N) is 2. The predicted molar refractivity (Wildman–Crippen MR) is 72.6 cm³/mol. The van der Waals surface area contributed by atoms with Crippen LogP contribution in [0.2, 0.25) is 0 Å². The van der Waals surface area contributed by atoms with Crippen molar-refractivity contribution in [3.8, 4) is 11.5 Å². The van der Waals surface area contributed by atoms with Crippen LogP contribution in [0.5, 0.6) is 11.5 Å². The Morgan fingerprint density at radius 3 is 2.71 bits per heavy atom. The van der Waals surface area contributed by atoms with Gasteiger partial charge in [-0.05, 0) is 25.1 Å². The van der Waals surface area contributed by atoms with Crippen LogP contribution in [0, 0.1) is 0 Å². The first-order valence-corrected chi connectivity index (χ1v) is 6.58. The number of aromatic carboxylic acids is 1. The molecule has 0 fully saturated rings. The first kappa shape index (κ1) is 14.8. The highest BCUT2D eigenvalue weighted by Crippen LogP contribution is 2.29. The van der Waals surface area contributed by atoms with Crippen molar-refractivity contribution in [1.29, 1.82) is 0 Å². The average molecular weight is 292 g/mol. The third-order valence-corrected chi connectivity index (χ3v) is 2.67. The monoisotopic (exact) mass is 292 g/mol. The summed E-state index contributed by atoms with van der Waals surface area (Å²) in [5.41, 5.74) is 0.136. The first-order valence-electron chi connectivity index (χ1n) is 6.58. The number of aryl methyl sites for hydroxylation is 1. The van der Waals surface area contributed by atoms with Crippen molar-refractivity contribution >= 4 is 5.97 Å². The molecule has 0 bridgehead atoms. The molecular formula is C14H16N2O5. The molecule has 112 valence electrons. The highest BCUT2D eigenvalue weighted by molar-refractivity contribution is 5.88. The molecule has 2 aromatic rings. The van der Waals surface area contributed by atoms with Crippen molar-refractivity contribution in [3.05, 3.63) is 35.5 Å². The number of rotatable bonds is 7. The molecule has 1 aromatic heterocycles. The van der Waals surface area contributed by atoms with E-state index < -0.39 is 5.97 Å². The van der Waals surface area contributed by atoms with Gasteiger partial charge in [-0.15, -0.1) is 0 Å². The predicted octanol–water partition coefficient (Wildman–Crippen LogP) is 2.31. The second-order valence-electron chi connectivity index (χ2n) is 4.15. The summed E-state index contributed by atoms with van der Waals surface area (Å²) in [5.74, 6) is 0.745. The zero-order valence-corrected chi connectivity index (χ0v) is 11.8. The molecule has 1 aromatic carbocycles. The van der Waals surface area contributed by atoms with Crippen LogP contribution in [-0.4, -0.2) is 27.8 Å². The number of carbonyl (C=O) groups is 1. The number of hydrogen-bond acceptors (Lipinski definition) is 6. The average Bonchev–Trinajstić information content (AvgIpc) is 2.94. The summed E-state index contributed by atoms with van der Waals surface area (Å²) >= 11 is 0. The molecular weight excluding hydrogens is 276 g/mol. The Labute approximate surface area is 121 Å². The van der Waals surface area contributed by atoms with Crippen molar-refractivity contribution in [2.24, 2.45) is 0 Å². The van der Waals surface area contributed by atoms with Gasteiger partial charge in [-0.3, -0.25) is 0 Å². The summed E-state index contributed by atoms with van der Waals surface area (Å²) in [7, 11) is 0. The van der Waals surface area contributed by atoms with Crippen LogP contribution < -0.4 is 9.47 Å². The van der Waals surface area contributed by atoms with Gasteiger partial charge in [-0.25, -0.2) is 4.79 Å². The standard InChI is InChI=1S/C14H16N2O5/c1-3-12-15-13(21-16-12)8-20-10-6-5-9(14(17)18)7-11(10)19-4-2/h5-7H,3-4,8H2,1-2H3,(H,17,18). The van der Waals surface area contributed by atoms with Gasteiger partial charge in [0, 0.05) is 6.42 Å². The number of benzene rings is 1. The van der Waals surface area contributed by atoms with E-state index in [1.54, 1.807) is 6.07 Å². The van der Waals surface area contributed by atoms with Gasteiger partial charge in [0.2, 0.25) is 0 Å². The van der Waals surface area contributed by atoms with Gasteiger partial charge in [-0.2, -0.15) is 4.98 Å². The molecule has 1 heterocycles. The zero-order chi connectivity index (χ0) is 15.2. The molecule has 0 amide bonds. The van der Waals surface area contributed by atoms with Crippen molar-refractivity contribution < 1.29 is 23.9 Å². The molecule has 0 spiro atoms. The Balaban J connectivity index is 2.12. The van der Waals surface area contributed by atoms with E-state index in [0.29, 0.717) is 36.2 Å². The van der Waals surface area contributed by atoms with Gasteiger partial charge >= 0.3 is 5.97 Å². The molecule has 1 N–H and O–H groups in total. The van der Waals surface area contributed by atoms with E-state index in [1.165, 1.54) is 12.1 Å². The smallest absolute Gasteiger partial charge is 0.335 e. The lowest BCUT2D eigenvalue weighted by Crippen LogP contribution is -2.03. The summed E-state index contributed by atoms with van der Waals surface area (Å²) in [5, 5.41) is 12.7. The van der Waals surface area contributed by atoms with Crippen LogP contribution in [-0.2, 0) is 13.0 Å². The van der Waals surface area contributed by atoms with E-state index >= 15 is 0 Å². The third-order valence-electron chi connectivity index (χ3n) is 2.67. The minimum Gasteiger partial charge on any atom is -0.490 e. The molecule has 7 heteroatoms. The minimum atomic E-state index is -1.02. The van der Waals surface area contributed by atoms with Crippen LogP contribution >= 0.6 is 0 Å². The van der Waals surface area contributed by atoms with Crippen molar-refractivity contribution in [1.82, 2.24) is 10.1 Å². The Bertz CT molecular complexity index is 624. The first-order chi connectivity index (χ1) is 10.1. The van der Waals surface area contributed by atoms with Gasteiger partial charge in [0.05, 0.1) is 12.2 Å². The molecule has 2 rings (SSSR count). The second-order valence-corrected chi connectivity index (χ2v) is 4.15. The lowest BCUT2D eigenvalue weighted by molar-refractivity contribution is 0.0696. The SMILES string of the molecule is CCOc1cc(C(=O)O)ccc1OCc1nc(CC)no1. The molecule has 0 atom stereocenters. The molecule has 0 unspecified atom stereocenters. The van der Waals surface area contributed by atoms with Crippen molar-refractivity contribution in [3.63, 3.8) is 0 Å². The van der Waals surface area contributed by atoms with E-state index in [9.17, 15) is 4.79 Å². The number of carboxylic acid groups (broad SMARTS) is 1. The van der Waals surface area contributed by atoms with E-state index in [1.807, 2.05) is 13.8 Å². The Morgan fingerprint density at radius 2 is 2.10 bits per heavy atom. The highest BCUT2D eigenvalue weighted by atomic mass is 16.5. The largest absolute Gasteiger partial charge is 0.490 e. The topological polar surface area (TPSA) is 94.7 Å². The van der Waals surface area contributed by atoms with Gasteiger partial charge in [-0.1, -0.05) is 12.1 Å². The molecule has 0 aliphatic carbocycles. The van der Waals surface area contributed by atoms with Crippen LogP contribution in [0.1, 0.15) is 35.9 Å². The molecule has 7 nitrogen and oxygen atoms in total. The fourth-order valence-corrected chi connectivity index (χ4v) is 1.66. The number of hydrogen-bond donors (Lipinski definition) is 1. The molecule has 0 aliphatic heterocycles. The lowest BCUT2D eigenvalue weighted by Gasteiger charge is -2.11. The van der Waals surface area contributed by atoms with E-state index in [4.69, 9.17) is 19.1 Å². The summed E-state index contributed by atoms with van der Waals surface area (Å²) in [6.45, 7) is 4.23. The highest BCUT2D eigenvalue weighted by Gasteiger charge is 2.12. The van der Waals surface area contributed by atoms with Gasteiger partial charge < -0.3 is 19.1 Å². The Morgan fingerprint density at radius 1 is 1.29 bits per heavy atom. The number of ether oxygens (including phenoxy) is 2. The quantitative estimate of drug-likeness (QED) is 0.836. The maximum absolute atomic E-state index is 11.0. The molecule has 21 heavy (non-hydrogen) atoms. The summed E-state index contributed by atoms with van der Waals surface area (Å²) in [6.07, 6.45) is 0.682. The van der Waals surface area contributed by atoms with E-state index in [2.05, 4.69) is 10.1 Å². The Kier molecular flexibility index (Phi) is 4.76. The van der Waals surface area contributed by atoms with Crippen molar-refractivity contribution in [2.75, 3.05) is 6.61 Å². The third kappa shape index (κ3) is 3.71. The van der Waals surface area contributed by atoms with Gasteiger partial charge in [0.25, 0.3) is 5.89 Å². The number of carboxylic acids is 1. The maximum Gasteiger partial charge on any atom is 0.335 e. The van der Waals surface area contributed by atoms with Crippen LogP contribution in [0.4, 0.5) is 0 Å². The van der Waals surface area contributed by atoms with Crippen LogP contribution in [0.25, 0.3) is 0 Å². The van der Waals surface area contributed by atoms with E-state index in [0.717, 1.165) is 0 Å². The normalized spacial score (nSPS) is 10.4. The minimum absolute atomic E-state index is 0.0967. The molecule has 0 saturated carbocycles. The fraction of sp³-hybridized carbons (Fsp3) is 0.357. The Hall–Kier alpha value is -2.57. The maximum atomic E-state index is 11.0.